The van der Waals surface area contributed by atoms with Crippen LogP contribution in [0.5, 0.6) is 0 Å². The summed E-state index contributed by atoms with van der Waals surface area (Å²) < 4.78 is 0.990. The number of benzene rings is 1. The molecule has 4 rings (SSSR count). The predicted molar refractivity (Wildman–Crippen MR) is 96.7 cm³/mol. The Balaban J connectivity index is 1.50. The highest BCUT2D eigenvalue weighted by Gasteiger charge is 2.51. The first-order valence-electron chi connectivity index (χ1n) is 8.26. The first-order chi connectivity index (χ1) is 12.0. The highest BCUT2D eigenvalue weighted by Crippen LogP contribution is 2.52. The number of nitrogens with zero attached hydrogens (tertiary/aromatic N) is 1. The number of carboxylic acids is 1. The zero-order valence-electron chi connectivity index (χ0n) is 13.3. The zero-order valence-corrected chi connectivity index (χ0v) is 15.7. The van der Waals surface area contributed by atoms with Gasteiger partial charge in [0.1, 0.15) is 0 Å². The smallest absolute Gasteiger partial charge is 0.230 e. The highest BCUT2D eigenvalue weighted by atomic mass is 79.9. The Morgan fingerprint density at radius 2 is 1.84 bits per heavy atom. The molecular formula is C18H16BrN2O3S-. The van der Waals surface area contributed by atoms with E-state index >= 15 is 0 Å². The van der Waals surface area contributed by atoms with Crippen LogP contribution in [0.2, 0.25) is 0 Å². The number of amides is 1. The van der Waals surface area contributed by atoms with Gasteiger partial charge in [-0.05, 0) is 43.2 Å². The van der Waals surface area contributed by atoms with Gasteiger partial charge in [0.05, 0.1) is 5.69 Å². The SMILES string of the molecule is O=C([O-])[C@H]1[C@H]2CC[C@H](C2)[C@@H]1C(=O)Nc1nc(-c2ccc(Br)cc2)cs1. The largest absolute Gasteiger partial charge is 0.550 e. The molecule has 2 saturated carbocycles. The number of anilines is 1. The quantitative estimate of drug-likeness (QED) is 0.825. The van der Waals surface area contributed by atoms with E-state index in [-0.39, 0.29) is 17.7 Å². The first kappa shape index (κ1) is 16.7. The van der Waals surface area contributed by atoms with E-state index in [1.54, 1.807) is 0 Å². The number of hydrogen-bond acceptors (Lipinski definition) is 5. The molecule has 2 fully saturated rings. The molecule has 1 amide bonds. The molecule has 1 aromatic carbocycles. The highest BCUT2D eigenvalue weighted by molar-refractivity contribution is 9.10. The van der Waals surface area contributed by atoms with Crippen molar-refractivity contribution in [2.24, 2.45) is 23.7 Å². The predicted octanol–water partition coefficient (Wildman–Crippen LogP) is 2.92. The van der Waals surface area contributed by atoms with Gasteiger partial charge in [0.25, 0.3) is 0 Å². The Morgan fingerprint density at radius 1 is 1.16 bits per heavy atom. The molecule has 0 unspecified atom stereocenters. The Hall–Kier alpha value is -1.73. The van der Waals surface area contributed by atoms with Gasteiger partial charge in [0.15, 0.2) is 5.13 Å². The minimum atomic E-state index is -1.10. The van der Waals surface area contributed by atoms with E-state index in [4.69, 9.17) is 0 Å². The van der Waals surface area contributed by atoms with Gasteiger partial charge in [0.2, 0.25) is 5.91 Å². The van der Waals surface area contributed by atoms with Crippen molar-refractivity contribution in [3.8, 4) is 11.3 Å². The van der Waals surface area contributed by atoms with Gasteiger partial charge in [-0.3, -0.25) is 4.79 Å². The van der Waals surface area contributed by atoms with Crippen LogP contribution in [0.1, 0.15) is 19.3 Å². The second-order valence-corrected chi connectivity index (χ2v) is 8.51. The van der Waals surface area contributed by atoms with Gasteiger partial charge in [-0.2, -0.15) is 0 Å². The first-order valence-corrected chi connectivity index (χ1v) is 9.93. The van der Waals surface area contributed by atoms with E-state index in [1.807, 2.05) is 29.6 Å². The van der Waals surface area contributed by atoms with Crippen molar-refractivity contribution in [2.75, 3.05) is 5.32 Å². The number of nitrogens with one attached hydrogen (secondary N) is 1. The van der Waals surface area contributed by atoms with Crippen molar-refractivity contribution < 1.29 is 14.7 Å². The maximum Gasteiger partial charge on any atom is 0.230 e. The third kappa shape index (κ3) is 3.11. The molecule has 1 aromatic heterocycles. The molecule has 1 heterocycles. The molecular weight excluding hydrogens is 404 g/mol. The summed E-state index contributed by atoms with van der Waals surface area (Å²) in [5.74, 6) is -2.26. The number of aromatic nitrogens is 1. The summed E-state index contributed by atoms with van der Waals surface area (Å²) in [6.07, 6.45) is 2.63. The van der Waals surface area contributed by atoms with E-state index < -0.39 is 17.8 Å². The average molecular weight is 420 g/mol. The summed E-state index contributed by atoms with van der Waals surface area (Å²) in [6.45, 7) is 0. The zero-order chi connectivity index (χ0) is 17.6. The van der Waals surface area contributed by atoms with Crippen LogP contribution < -0.4 is 10.4 Å². The number of hydrogen-bond donors (Lipinski definition) is 1. The van der Waals surface area contributed by atoms with Crippen molar-refractivity contribution in [1.82, 2.24) is 4.98 Å². The van der Waals surface area contributed by atoms with Crippen LogP contribution in [0.25, 0.3) is 11.3 Å². The molecule has 0 spiro atoms. The fraction of sp³-hybridized carbons (Fsp3) is 0.389. The molecule has 5 nitrogen and oxygen atoms in total. The maximum absolute atomic E-state index is 12.7. The Bertz CT molecular complexity index is 820. The van der Waals surface area contributed by atoms with Crippen LogP contribution in [-0.2, 0) is 9.59 Å². The van der Waals surface area contributed by atoms with Gasteiger partial charge < -0.3 is 15.2 Å². The Labute approximate surface area is 157 Å². The third-order valence-corrected chi connectivity index (χ3v) is 6.65. The van der Waals surface area contributed by atoms with Crippen LogP contribution in [0.3, 0.4) is 0 Å². The van der Waals surface area contributed by atoms with Crippen LogP contribution in [0.4, 0.5) is 5.13 Å². The van der Waals surface area contributed by atoms with Crippen LogP contribution in [-0.4, -0.2) is 16.9 Å². The average Bonchev–Trinajstić information content (AvgIpc) is 3.30. The lowest BCUT2D eigenvalue weighted by molar-refractivity contribution is -0.314. The Morgan fingerprint density at radius 3 is 2.52 bits per heavy atom. The van der Waals surface area contributed by atoms with Crippen LogP contribution in [0.15, 0.2) is 34.1 Å². The topological polar surface area (TPSA) is 82.1 Å². The van der Waals surface area contributed by atoms with Crippen molar-refractivity contribution in [3.05, 3.63) is 34.1 Å². The van der Waals surface area contributed by atoms with Gasteiger partial charge in [-0.15, -0.1) is 11.3 Å². The van der Waals surface area contributed by atoms with Gasteiger partial charge in [0, 0.05) is 33.2 Å². The number of carboxylic acid groups (broad SMARTS) is 1. The van der Waals surface area contributed by atoms with Gasteiger partial charge in [-0.25, -0.2) is 4.98 Å². The number of thiazole rings is 1. The molecule has 2 aliphatic carbocycles. The van der Waals surface area contributed by atoms with E-state index in [0.717, 1.165) is 35.0 Å². The second-order valence-electron chi connectivity index (χ2n) is 6.74. The molecule has 4 atom stereocenters. The molecule has 2 aromatic rings. The van der Waals surface area contributed by atoms with Gasteiger partial charge >= 0.3 is 0 Å². The van der Waals surface area contributed by atoms with E-state index in [1.165, 1.54) is 11.3 Å². The van der Waals surface area contributed by atoms with Crippen LogP contribution in [0, 0.1) is 23.7 Å². The molecule has 1 N–H and O–H groups in total. The summed E-state index contributed by atoms with van der Waals surface area (Å²) in [5, 5.41) is 16.7. The lowest BCUT2D eigenvalue weighted by Crippen LogP contribution is -2.43. The number of carbonyl (C=O) groups is 2. The summed E-state index contributed by atoms with van der Waals surface area (Å²) >= 11 is 4.75. The molecule has 0 radical (unpaired) electrons. The summed E-state index contributed by atoms with van der Waals surface area (Å²) in [6, 6.07) is 7.78. The summed E-state index contributed by atoms with van der Waals surface area (Å²) in [4.78, 5) is 28.6. The number of carbonyl (C=O) groups excluding carboxylic acids is 2. The normalized spacial score (nSPS) is 27.4. The number of fused-ring (bicyclic) bond motifs is 2. The molecule has 7 heteroatoms. The van der Waals surface area contributed by atoms with E-state index in [0.29, 0.717) is 5.13 Å². The van der Waals surface area contributed by atoms with E-state index in [9.17, 15) is 14.7 Å². The second kappa shape index (κ2) is 6.53. The fourth-order valence-electron chi connectivity index (χ4n) is 4.28. The van der Waals surface area contributed by atoms with Gasteiger partial charge in [-0.1, -0.05) is 28.1 Å². The standard InChI is InChI=1S/C18H17BrN2O3S/c19-12-5-3-9(4-6-12)13-8-25-18(20-13)21-16(22)14-10-1-2-11(7-10)15(14)17(23)24/h3-6,8,10-11,14-15H,1-2,7H2,(H,23,24)(H,20,21,22)/p-1/t10-,11+,14+,15+/m1/s1. The molecule has 130 valence electrons. The molecule has 2 bridgehead atoms. The summed E-state index contributed by atoms with van der Waals surface area (Å²) in [7, 11) is 0. The Kier molecular flexibility index (Phi) is 4.37. The lowest BCUT2D eigenvalue weighted by atomic mass is 9.79. The van der Waals surface area contributed by atoms with E-state index in [2.05, 4.69) is 26.2 Å². The number of aliphatic carboxylic acids is 1. The molecule has 2 aliphatic rings. The van der Waals surface area contributed by atoms with Crippen molar-refractivity contribution >= 4 is 44.3 Å². The number of halogens is 1. The molecule has 25 heavy (non-hydrogen) atoms. The molecule has 0 saturated heterocycles. The third-order valence-electron chi connectivity index (χ3n) is 5.37. The number of rotatable bonds is 4. The molecule has 0 aliphatic heterocycles. The van der Waals surface area contributed by atoms with Crippen molar-refractivity contribution in [1.29, 1.82) is 0 Å². The van der Waals surface area contributed by atoms with Crippen molar-refractivity contribution in [3.63, 3.8) is 0 Å². The van der Waals surface area contributed by atoms with Crippen LogP contribution >= 0.6 is 27.3 Å². The minimum Gasteiger partial charge on any atom is -0.550 e. The summed E-state index contributed by atoms with van der Waals surface area (Å²) in [5.41, 5.74) is 1.75. The fourth-order valence-corrected chi connectivity index (χ4v) is 5.27. The van der Waals surface area contributed by atoms with Crippen molar-refractivity contribution in [2.45, 2.75) is 19.3 Å². The minimum absolute atomic E-state index is 0.0837. The lowest BCUT2D eigenvalue weighted by Gasteiger charge is -2.30. The maximum atomic E-state index is 12.7. The monoisotopic (exact) mass is 419 g/mol.